The van der Waals surface area contributed by atoms with Crippen molar-refractivity contribution in [2.24, 2.45) is 0 Å². The molecule has 0 saturated heterocycles. The first kappa shape index (κ1) is 16.0. The van der Waals surface area contributed by atoms with Crippen molar-refractivity contribution in [1.82, 2.24) is 10.3 Å². The van der Waals surface area contributed by atoms with Gasteiger partial charge in [-0.2, -0.15) is 0 Å². The number of hydrogen-bond donors (Lipinski definition) is 1. The van der Waals surface area contributed by atoms with E-state index in [1.165, 1.54) is 10.4 Å². The molecule has 0 spiro atoms. The summed E-state index contributed by atoms with van der Waals surface area (Å²) < 4.78 is 0. The summed E-state index contributed by atoms with van der Waals surface area (Å²) in [7, 11) is 0. The molecule has 2 rings (SSSR count). The van der Waals surface area contributed by atoms with Crippen LogP contribution in [-0.2, 0) is 13.1 Å². The zero-order valence-electron chi connectivity index (χ0n) is 13.3. The Morgan fingerprint density at radius 2 is 2.05 bits per heavy atom. The van der Waals surface area contributed by atoms with E-state index in [9.17, 15) is 0 Å². The lowest BCUT2D eigenvalue weighted by Gasteiger charge is -2.27. The highest BCUT2D eigenvalue weighted by molar-refractivity contribution is 7.09. The lowest BCUT2D eigenvalue weighted by molar-refractivity contribution is 0.588. The zero-order chi connectivity index (χ0) is 15.2. The van der Waals surface area contributed by atoms with Crippen LogP contribution in [0.15, 0.2) is 35.8 Å². The van der Waals surface area contributed by atoms with Crippen molar-refractivity contribution in [2.75, 3.05) is 4.90 Å². The van der Waals surface area contributed by atoms with Gasteiger partial charge in [0.1, 0.15) is 5.82 Å². The second-order valence-electron chi connectivity index (χ2n) is 5.86. The topological polar surface area (TPSA) is 28.2 Å². The molecular formula is C17H25N3S. The lowest BCUT2D eigenvalue weighted by atomic mass is 10.2. The van der Waals surface area contributed by atoms with Gasteiger partial charge < -0.3 is 10.2 Å². The van der Waals surface area contributed by atoms with E-state index >= 15 is 0 Å². The fourth-order valence-corrected chi connectivity index (χ4v) is 2.85. The normalized spacial score (nSPS) is 11.3. The Bertz CT molecular complexity index is 535. The third-order valence-corrected chi connectivity index (χ3v) is 4.21. The summed E-state index contributed by atoms with van der Waals surface area (Å²) >= 11 is 1.80. The van der Waals surface area contributed by atoms with Gasteiger partial charge in [0.2, 0.25) is 0 Å². The smallest absolute Gasteiger partial charge is 0.129 e. The number of nitrogens with zero attached hydrogens (tertiary/aromatic N) is 2. The molecule has 4 heteroatoms. The fraction of sp³-hybridized carbons (Fsp3) is 0.471. The molecule has 0 atom stereocenters. The van der Waals surface area contributed by atoms with Gasteiger partial charge in [-0.05, 0) is 43.0 Å². The maximum Gasteiger partial charge on any atom is 0.129 e. The van der Waals surface area contributed by atoms with E-state index < -0.39 is 0 Å². The molecule has 0 fully saturated rings. The van der Waals surface area contributed by atoms with Gasteiger partial charge >= 0.3 is 0 Å². The quantitative estimate of drug-likeness (QED) is 0.836. The first-order chi connectivity index (χ1) is 10.1. The molecule has 21 heavy (non-hydrogen) atoms. The highest BCUT2D eigenvalue weighted by atomic mass is 32.1. The minimum Gasteiger partial charge on any atom is -0.349 e. The second-order valence-corrected chi connectivity index (χ2v) is 6.89. The van der Waals surface area contributed by atoms with Gasteiger partial charge in [-0.1, -0.05) is 19.9 Å². The summed E-state index contributed by atoms with van der Waals surface area (Å²) in [6.07, 6.45) is 1.91. The minimum atomic E-state index is 0.424. The van der Waals surface area contributed by atoms with E-state index in [1.807, 2.05) is 6.20 Å². The minimum absolute atomic E-state index is 0.424. The summed E-state index contributed by atoms with van der Waals surface area (Å²) in [5, 5.41) is 5.59. The predicted molar refractivity (Wildman–Crippen MR) is 91.9 cm³/mol. The maximum atomic E-state index is 4.57. The van der Waals surface area contributed by atoms with Crippen LogP contribution in [0.5, 0.6) is 0 Å². The Morgan fingerprint density at radius 1 is 1.24 bits per heavy atom. The van der Waals surface area contributed by atoms with Gasteiger partial charge in [-0.15, -0.1) is 11.3 Å². The predicted octanol–water partition coefficient (Wildman–Crippen LogP) is 4.06. The van der Waals surface area contributed by atoms with E-state index in [-0.39, 0.29) is 0 Å². The molecule has 2 heterocycles. The van der Waals surface area contributed by atoms with Gasteiger partial charge in [-0.3, -0.25) is 0 Å². The van der Waals surface area contributed by atoms with Crippen molar-refractivity contribution in [3.63, 3.8) is 0 Å². The molecule has 0 bridgehead atoms. The van der Waals surface area contributed by atoms with Gasteiger partial charge in [-0.25, -0.2) is 4.98 Å². The van der Waals surface area contributed by atoms with Crippen molar-refractivity contribution in [1.29, 1.82) is 0 Å². The molecule has 0 saturated carbocycles. The van der Waals surface area contributed by atoms with Gasteiger partial charge in [0.25, 0.3) is 0 Å². The molecule has 0 aliphatic carbocycles. The SMILES string of the molecule is CC(C)NCc1ccnc(N(Cc2cccs2)C(C)C)c1. The summed E-state index contributed by atoms with van der Waals surface area (Å²) in [4.78, 5) is 8.29. The van der Waals surface area contributed by atoms with Crippen LogP contribution in [0.3, 0.4) is 0 Å². The number of anilines is 1. The molecular weight excluding hydrogens is 278 g/mol. The first-order valence-corrected chi connectivity index (χ1v) is 8.41. The Labute approximate surface area is 132 Å². The van der Waals surface area contributed by atoms with Crippen LogP contribution in [0.1, 0.15) is 38.1 Å². The summed E-state index contributed by atoms with van der Waals surface area (Å²) in [5.41, 5.74) is 1.28. The Balaban J connectivity index is 2.14. The van der Waals surface area contributed by atoms with Crippen LogP contribution in [0.25, 0.3) is 0 Å². The van der Waals surface area contributed by atoms with E-state index in [1.54, 1.807) is 11.3 Å². The number of thiophene rings is 1. The summed E-state index contributed by atoms with van der Waals surface area (Å²) in [6.45, 7) is 10.6. The van der Waals surface area contributed by atoms with Crippen LogP contribution in [0.2, 0.25) is 0 Å². The standard InChI is InChI=1S/C17H25N3S/c1-13(2)19-11-15-7-8-18-17(10-15)20(14(3)4)12-16-6-5-9-21-16/h5-10,13-14,19H,11-12H2,1-4H3. The van der Waals surface area contributed by atoms with E-state index in [4.69, 9.17) is 0 Å². The molecule has 0 aliphatic heterocycles. The van der Waals surface area contributed by atoms with Crippen LogP contribution in [-0.4, -0.2) is 17.1 Å². The molecule has 0 amide bonds. The largest absolute Gasteiger partial charge is 0.349 e. The first-order valence-electron chi connectivity index (χ1n) is 7.53. The molecule has 2 aromatic heterocycles. The third-order valence-electron chi connectivity index (χ3n) is 3.35. The van der Waals surface area contributed by atoms with Gasteiger partial charge in [0.15, 0.2) is 0 Å². The van der Waals surface area contributed by atoms with Crippen molar-refractivity contribution < 1.29 is 0 Å². The molecule has 0 aliphatic rings. The Hall–Kier alpha value is -1.39. The molecule has 1 N–H and O–H groups in total. The van der Waals surface area contributed by atoms with E-state index in [0.29, 0.717) is 12.1 Å². The monoisotopic (exact) mass is 303 g/mol. The average molecular weight is 303 g/mol. The van der Waals surface area contributed by atoms with Crippen molar-refractivity contribution in [2.45, 2.75) is 52.9 Å². The van der Waals surface area contributed by atoms with E-state index in [0.717, 1.165) is 18.9 Å². The summed E-state index contributed by atoms with van der Waals surface area (Å²) in [6, 6.07) is 9.49. The number of aromatic nitrogens is 1. The average Bonchev–Trinajstić information content (AvgIpc) is 2.95. The van der Waals surface area contributed by atoms with Crippen molar-refractivity contribution >= 4 is 17.2 Å². The maximum absolute atomic E-state index is 4.57. The van der Waals surface area contributed by atoms with E-state index in [2.05, 4.69) is 72.5 Å². The van der Waals surface area contributed by atoms with Crippen LogP contribution >= 0.6 is 11.3 Å². The van der Waals surface area contributed by atoms with Crippen molar-refractivity contribution in [3.05, 3.63) is 46.3 Å². The van der Waals surface area contributed by atoms with Crippen LogP contribution in [0.4, 0.5) is 5.82 Å². The fourth-order valence-electron chi connectivity index (χ4n) is 2.15. The molecule has 114 valence electrons. The third kappa shape index (κ3) is 4.83. The number of hydrogen-bond acceptors (Lipinski definition) is 4. The van der Waals surface area contributed by atoms with Gasteiger partial charge in [0.05, 0.1) is 6.54 Å². The number of nitrogens with one attached hydrogen (secondary N) is 1. The zero-order valence-corrected chi connectivity index (χ0v) is 14.2. The lowest BCUT2D eigenvalue weighted by Crippen LogP contribution is -2.30. The molecule has 0 aromatic carbocycles. The second kappa shape index (κ2) is 7.57. The van der Waals surface area contributed by atoms with Crippen LogP contribution < -0.4 is 10.2 Å². The molecule has 0 radical (unpaired) electrons. The van der Waals surface area contributed by atoms with Crippen LogP contribution in [0, 0.1) is 0 Å². The molecule has 0 unspecified atom stereocenters. The molecule has 3 nitrogen and oxygen atoms in total. The number of rotatable bonds is 7. The van der Waals surface area contributed by atoms with Gasteiger partial charge in [0, 0.05) is 29.7 Å². The highest BCUT2D eigenvalue weighted by Gasteiger charge is 2.13. The Morgan fingerprint density at radius 3 is 2.67 bits per heavy atom. The number of pyridine rings is 1. The van der Waals surface area contributed by atoms with Crippen molar-refractivity contribution in [3.8, 4) is 0 Å². The molecule has 2 aromatic rings. The summed E-state index contributed by atoms with van der Waals surface area (Å²) in [5.74, 6) is 1.06. The Kier molecular flexibility index (Phi) is 5.76. The highest BCUT2D eigenvalue weighted by Crippen LogP contribution is 2.21.